The summed E-state index contributed by atoms with van der Waals surface area (Å²) in [6, 6.07) is 9.66. The van der Waals surface area contributed by atoms with Crippen molar-refractivity contribution in [2.24, 2.45) is 0 Å². The van der Waals surface area contributed by atoms with Gasteiger partial charge >= 0.3 is 0 Å². The van der Waals surface area contributed by atoms with E-state index in [-0.39, 0.29) is 11.0 Å². The molecule has 140 valence electrons. The highest BCUT2D eigenvalue weighted by molar-refractivity contribution is 7.89. The number of rotatable bonds is 7. The number of nitrogens with one attached hydrogen (secondary N) is 2. The van der Waals surface area contributed by atoms with Crippen molar-refractivity contribution in [3.63, 3.8) is 0 Å². The lowest BCUT2D eigenvalue weighted by Crippen LogP contribution is -2.33. The first-order valence-corrected chi connectivity index (χ1v) is 9.48. The number of benzene rings is 2. The number of aryl methyl sites for hydroxylation is 1. The SMILES string of the molecule is Cc1cc(S(=O)(=O)NCC(=O)Nc2ccc(F)cc2)ccc1OC(C)C. The van der Waals surface area contributed by atoms with Crippen LogP contribution in [0.2, 0.25) is 0 Å². The molecule has 8 heteroatoms. The number of carbonyl (C=O) groups is 1. The Hall–Kier alpha value is -2.45. The highest BCUT2D eigenvalue weighted by Gasteiger charge is 2.17. The smallest absolute Gasteiger partial charge is 0.241 e. The van der Waals surface area contributed by atoms with E-state index in [9.17, 15) is 17.6 Å². The number of hydrogen-bond donors (Lipinski definition) is 2. The summed E-state index contributed by atoms with van der Waals surface area (Å²) in [6.45, 7) is 5.07. The highest BCUT2D eigenvalue weighted by atomic mass is 32.2. The summed E-state index contributed by atoms with van der Waals surface area (Å²) in [4.78, 5) is 11.9. The van der Waals surface area contributed by atoms with Gasteiger partial charge in [0.1, 0.15) is 11.6 Å². The summed E-state index contributed by atoms with van der Waals surface area (Å²) < 4.78 is 45.3. The van der Waals surface area contributed by atoms with E-state index in [0.29, 0.717) is 17.0 Å². The van der Waals surface area contributed by atoms with Crippen LogP contribution in [0.4, 0.5) is 10.1 Å². The zero-order valence-corrected chi connectivity index (χ0v) is 15.6. The molecular formula is C18H21FN2O4S. The summed E-state index contributed by atoms with van der Waals surface area (Å²) in [5.41, 5.74) is 1.05. The zero-order valence-electron chi connectivity index (χ0n) is 14.7. The van der Waals surface area contributed by atoms with Gasteiger partial charge in [0, 0.05) is 5.69 Å². The molecule has 1 amide bonds. The van der Waals surface area contributed by atoms with E-state index in [1.54, 1.807) is 13.0 Å². The van der Waals surface area contributed by atoms with Gasteiger partial charge in [-0.2, -0.15) is 0 Å². The van der Waals surface area contributed by atoms with Crippen molar-refractivity contribution >= 4 is 21.6 Å². The van der Waals surface area contributed by atoms with Crippen molar-refractivity contribution in [1.82, 2.24) is 4.72 Å². The Balaban J connectivity index is 2.00. The summed E-state index contributed by atoms with van der Waals surface area (Å²) in [6.07, 6.45) is -0.0237. The molecule has 0 spiro atoms. The highest BCUT2D eigenvalue weighted by Crippen LogP contribution is 2.22. The van der Waals surface area contributed by atoms with Gasteiger partial charge in [-0.05, 0) is 68.8 Å². The van der Waals surface area contributed by atoms with E-state index in [1.807, 2.05) is 13.8 Å². The van der Waals surface area contributed by atoms with Crippen LogP contribution in [0.5, 0.6) is 5.75 Å². The minimum absolute atomic E-state index is 0.0237. The van der Waals surface area contributed by atoms with E-state index in [1.165, 1.54) is 36.4 Å². The molecular weight excluding hydrogens is 359 g/mol. The fourth-order valence-corrected chi connectivity index (χ4v) is 3.22. The van der Waals surface area contributed by atoms with Crippen molar-refractivity contribution in [3.05, 3.63) is 53.8 Å². The predicted octanol–water partition coefficient (Wildman–Crippen LogP) is 2.84. The molecule has 0 aromatic heterocycles. The number of anilines is 1. The molecule has 0 saturated carbocycles. The number of sulfonamides is 1. The first kappa shape index (κ1) is 19.9. The Bertz CT molecular complexity index is 881. The van der Waals surface area contributed by atoms with Gasteiger partial charge in [-0.3, -0.25) is 4.79 Å². The zero-order chi connectivity index (χ0) is 19.3. The van der Waals surface area contributed by atoms with Gasteiger partial charge in [-0.15, -0.1) is 0 Å². The monoisotopic (exact) mass is 380 g/mol. The molecule has 0 saturated heterocycles. The first-order valence-electron chi connectivity index (χ1n) is 8.00. The molecule has 26 heavy (non-hydrogen) atoms. The van der Waals surface area contributed by atoms with Gasteiger partial charge in [0.25, 0.3) is 0 Å². The Kier molecular flexibility index (Phi) is 6.33. The normalized spacial score (nSPS) is 11.4. The third-order valence-electron chi connectivity index (χ3n) is 3.37. The molecule has 0 aliphatic rings. The number of halogens is 1. The van der Waals surface area contributed by atoms with Crippen LogP contribution in [0.1, 0.15) is 19.4 Å². The molecule has 0 fully saturated rings. The van der Waals surface area contributed by atoms with E-state index in [0.717, 1.165) is 0 Å². The molecule has 2 N–H and O–H groups in total. The lowest BCUT2D eigenvalue weighted by Gasteiger charge is -2.14. The Morgan fingerprint density at radius 2 is 1.81 bits per heavy atom. The maximum atomic E-state index is 12.8. The second-order valence-corrected chi connectivity index (χ2v) is 7.74. The quantitative estimate of drug-likeness (QED) is 0.774. The molecule has 0 unspecified atom stereocenters. The standard InChI is InChI=1S/C18H21FN2O4S/c1-12(2)25-17-9-8-16(10-13(17)3)26(23,24)20-11-18(22)21-15-6-4-14(19)5-7-15/h4-10,12,20H,11H2,1-3H3,(H,21,22). The van der Waals surface area contributed by atoms with E-state index >= 15 is 0 Å². The van der Waals surface area contributed by atoms with Crippen LogP contribution in [-0.2, 0) is 14.8 Å². The third-order valence-corrected chi connectivity index (χ3v) is 4.77. The van der Waals surface area contributed by atoms with Crippen LogP contribution < -0.4 is 14.8 Å². The summed E-state index contributed by atoms with van der Waals surface area (Å²) >= 11 is 0. The van der Waals surface area contributed by atoms with Gasteiger partial charge in [-0.25, -0.2) is 17.5 Å². The van der Waals surface area contributed by atoms with E-state index < -0.39 is 28.3 Å². The average Bonchev–Trinajstić information content (AvgIpc) is 2.56. The summed E-state index contributed by atoms with van der Waals surface area (Å²) in [7, 11) is -3.85. The van der Waals surface area contributed by atoms with Crippen molar-refractivity contribution in [2.45, 2.75) is 31.8 Å². The molecule has 0 heterocycles. The van der Waals surface area contributed by atoms with Crippen LogP contribution in [0.25, 0.3) is 0 Å². The molecule has 2 rings (SSSR count). The van der Waals surface area contributed by atoms with Crippen LogP contribution in [-0.4, -0.2) is 27.0 Å². The van der Waals surface area contributed by atoms with Gasteiger partial charge in [-0.1, -0.05) is 0 Å². The maximum absolute atomic E-state index is 12.8. The fourth-order valence-electron chi connectivity index (χ4n) is 2.16. The van der Waals surface area contributed by atoms with E-state index in [2.05, 4.69) is 10.0 Å². The number of carbonyl (C=O) groups excluding carboxylic acids is 1. The van der Waals surface area contributed by atoms with Gasteiger partial charge in [0.05, 0.1) is 17.5 Å². The van der Waals surface area contributed by atoms with Crippen LogP contribution in [0.3, 0.4) is 0 Å². The lowest BCUT2D eigenvalue weighted by atomic mass is 10.2. The summed E-state index contributed by atoms with van der Waals surface area (Å²) in [5, 5.41) is 2.48. The minimum Gasteiger partial charge on any atom is -0.491 e. The van der Waals surface area contributed by atoms with Gasteiger partial charge < -0.3 is 10.1 Å². The number of ether oxygens (including phenoxy) is 1. The fraction of sp³-hybridized carbons (Fsp3) is 0.278. The molecule has 0 atom stereocenters. The molecule has 0 radical (unpaired) electrons. The van der Waals surface area contributed by atoms with Gasteiger partial charge in [0.15, 0.2) is 0 Å². The Morgan fingerprint density at radius 3 is 2.38 bits per heavy atom. The largest absolute Gasteiger partial charge is 0.491 e. The van der Waals surface area contributed by atoms with Crippen LogP contribution in [0, 0.1) is 12.7 Å². The topological polar surface area (TPSA) is 84.5 Å². The average molecular weight is 380 g/mol. The van der Waals surface area contributed by atoms with E-state index in [4.69, 9.17) is 4.74 Å². The van der Waals surface area contributed by atoms with Crippen molar-refractivity contribution in [1.29, 1.82) is 0 Å². The third kappa shape index (κ3) is 5.53. The Labute approximate surface area is 152 Å². The predicted molar refractivity (Wildman–Crippen MR) is 97.2 cm³/mol. The van der Waals surface area contributed by atoms with Crippen molar-refractivity contribution in [3.8, 4) is 5.75 Å². The lowest BCUT2D eigenvalue weighted by molar-refractivity contribution is -0.115. The molecule has 0 aliphatic heterocycles. The number of amides is 1. The maximum Gasteiger partial charge on any atom is 0.241 e. The molecule has 2 aromatic rings. The molecule has 2 aromatic carbocycles. The second-order valence-electron chi connectivity index (χ2n) is 5.97. The minimum atomic E-state index is -3.85. The van der Waals surface area contributed by atoms with Crippen molar-refractivity contribution < 1.29 is 22.3 Å². The van der Waals surface area contributed by atoms with Crippen LogP contribution >= 0.6 is 0 Å². The molecule has 0 bridgehead atoms. The van der Waals surface area contributed by atoms with Gasteiger partial charge in [0.2, 0.25) is 15.9 Å². The van der Waals surface area contributed by atoms with Crippen molar-refractivity contribution in [2.75, 3.05) is 11.9 Å². The number of hydrogen-bond acceptors (Lipinski definition) is 4. The van der Waals surface area contributed by atoms with Crippen LogP contribution in [0.15, 0.2) is 47.4 Å². The second kappa shape index (κ2) is 8.29. The first-order chi connectivity index (χ1) is 12.2. The summed E-state index contributed by atoms with van der Waals surface area (Å²) in [5.74, 6) is -0.381. The molecule has 6 nitrogen and oxygen atoms in total. The Morgan fingerprint density at radius 1 is 1.15 bits per heavy atom. The molecule has 0 aliphatic carbocycles.